The minimum atomic E-state index is -0.567. The number of hydrogen-bond donors (Lipinski definition) is 0. The van der Waals surface area contributed by atoms with Gasteiger partial charge in [0.1, 0.15) is 12.0 Å². The Kier molecular flexibility index (Phi) is 8.81. The highest BCUT2D eigenvalue weighted by atomic mass is 16.5. The highest BCUT2D eigenvalue weighted by molar-refractivity contribution is 6.06. The zero-order valence-electron chi connectivity index (χ0n) is 24.3. The minimum absolute atomic E-state index is 0.135. The average molecular weight is 566 g/mol. The number of unbranched alkanes of at least 4 members (excludes halogenated alkanes) is 1. The van der Waals surface area contributed by atoms with E-state index >= 15 is 0 Å². The van der Waals surface area contributed by atoms with Crippen molar-refractivity contribution >= 4 is 18.2 Å². The molecule has 0 bridgehead atoms. The fourth-order valence-electron chi connectivity index (χ4n) is 5.46. The van der Waals surface area contributed by atoms with Gasteiger partial charge in [-0.3, -0.25) is 9.59 Å². The SMILES string of the molecule is CCCCc1c(-c2ccc(C=O)cc2C(=O)N2CCc3ccccc3C2)c(C(=O)OCC)nn1-c1ccc(OC)cc1. The highest BCUT2D eigenvalue weighted by Gasteiger charge is 2.31. The standard InChI is InChI=1S/C34H35N3O5/c1-4-6-11-30-31(32(34(40)42-5-2)35-37(30)26-13-15-27(41-3)16-14-26)28-17-12-23(22-38)20-29(28)33(39)36-19-18-24-9-7-8-10-25(24)21-36/h7-10,12-17,20,22H,4-6,11,18-19,21H2,1-3H3. The maximum Gasteiger partial charge on any atom is 0.359 e. The number of aldehydes is 1. The molecule has 1 aromatic heterocycles. The molecule has 0 saturated carbocycles. The fraction of sp³-hybridized carbons (Fsp3) is 0.294. The maximum atomic E-state index is 14.2. The van der Waals surface area contributed by atoms with Gasteiger partial charge in [-0.05, 0) is 73.2 Å². The van der Waals surface area contributed by atoms with E-state index in [1.165, 1.54) is 5.56 Å². The number of methoxy groups -OCH3 is 1. The predicted molar refractivity (Wildman–Crippen MR) is 160 cm³/mol. The molecule has 3 aromatic carbocycles. The average Bonchev–Trinajstić information content (AvgIpc) is 3.42. The van der Waals surface area contributed by atoms with Crippen molar-refractivity contribution in [2.45, 2.75) is 46.1 Å². The molecular formula is C34H35N3O5. The Morgan fingerprint density at radius 1 is 1.00 bits per heavy atom. The van der Waals surface area contributed by atoms with Crippen molar-refractivity contribution in [3.05, 3.63) is 100 Å². The van der Waals surface area contributed by atoms with Gasteiger partial charge in [0, 0.05) is 29.8 Å². The lowest BCUT2D eigenvalue weighted by atomic mass is 9.92. The molecule has 0 spiro atoms. The van der Waals surface area contributed by atoms with Crippen molar-refractivity contribution in [2.75, 3.05) is 20.3 Å². The van der Waals surface area contributed by atoms with Crippen LogP contribution in [0, 0.1) is 0 Å². The van der Waals surface area contributed by atoms with E-state index in [9.17, 15) is 14.4 Å². The molecule has 0 saturated heterocycles. The second-order valence-electron chi connectivity index (χ2n) is 10.3. The van der Waals surface area contributed by atoms with Gasteiger partial charge in [-0.25, -0.2) is 9.48 Å². The summed E-state index contributed by atoms with van der Waals surface area (Å²) in [6.07, 6.45) is 3.86. The van der Waals surface area contributed by atoms with Crippen molar-refractivity contribution in [3.63, 3.8) is 0 Å². The van der Waals surface area contributed by atoms with Crippen molar-refractivity contribution < 1.29 is 23.9 Å². The Labute approximate surface area is 245 Å². The lowest BCUT2D eigenvalue weighted by Gasteiger charge is -2.29. The van der Waals surface area contributed by atoms with Crippen LogP contribution in [-0.2, 0) is 24.1 Å². The molecule has 42 heavy (non-hydrogen) atoms. The third-order valence-electron chi connectivity index (χ3n) is 7.63. The third kappa shape index (κ3) is 5.70. The van der Waals surface area contributed by atoms with Gasteiger partial charge in [-0.15, -0.1) is 0 Å². The molecule has 4 aromatic rings. The molecular weight excluding hydrogens is 530 g/mol. The Bertz CT molecular complexity index is 1610. The minimum Gasteiger partial charge on any atom is -0.497 e. The molecule has 8 nitrogen and oxygen atoms in total. The lowest BCUT2D eigenvalue weighted by molar-refractivity contribution is 0.0519. The van der Waals surface area contributed by atoms with Crippen molar-refractivity contribution in [1.29, 1.82) is 0 Å². The molecule has 1 aliphatic heterocycles. The van der Waals surface area contributed by atoms with Crippen LogP contribution >= 0.6 is 0 Å². The van der Waals surface area contributed by atoms with Gasteiger partial charge in [0.25, 0.3) is 5.91 Å². The molecule has 0 radical (unpaired) electrons. The van der Waals surface area contributed by atoms with Gasteiger partial charge in [0.2, 0.25) is 0 Å². The highest BCUT2D eigenvalue weighted by Crippen LogP contribution is 2.36. The summed E-state index contributed by atoms with van der Waals surface area (Å²) in [5.41, 5.74) is 5.87. The summed E-state index contributed by atoms with van der Waals surface area (Å²) in [6, 6.07) is 20.6. The van der Waals surface area contributed by atoms with Crippen LogP contribution in [-0.4, -0.2) is 53.1 Å². The third-order valence-corrected chi connectivity index (χ3v) is 7.63. The molecule has 216 valence electrons. The number of ether oxygens (including phenoxy) is 2. The number of benzene rings is 3. The van der Waals surface area contributed by atoms with Crippen LogP contribution in [0.3, 0.4) is 0 Å². The zero-order valence-corrected chi connectivity index (χ0v) is 24.3. The van der Waals surface area contributed by atoms with Crippen molar-refractivity contribution in [3.8, 4) is 22.6 Å². The number of carbonyl (C=O) groups is 3. The Hall–Kier alpha value is -4.72. The molecule has 0 atom stereocenters. The quantitative estimate of drug-likeness (QED) is 0.171. The summed E-state index contributed by atoms with van der Waals surface area (Å²) in [4.78, 5) is 41.2. The first-order chi connectivity index (χ1) is 20.5. The second-order valence-corrected chi connectivity index (χ2v) is 10.3. The van der Waals surface area contributed by atoms with E-state index in [1.54, 1.807) is 41.8 Å². The summed E-state index contributed by atoms with van der Waals surface area (Å²) >= 11 is 0. The van der Waals surface area contributed by atoms with E-state index in [0.29, 0.717) is 47.5 Å². The number of fused-ring (bicyclic) bond motifs is 1. The van der Waals surface area contributed by atoms with Gasteiger partial charge < -0.3 is 14.4 Å². The summed E-state index contributed by atoms with van der Waals surface area (Å²) in [5, 5.41) is 4.78. The van der Waals surface area contributed by atoms with E-state index in [2.05, 4.69) is 13.0 Å². The lowest BCUT2D eigenvalue weighted by Crippen LogP contribution is -2.36. The number of rotatable bonds is 10. The zero-order chi connectivity index (χ0) is 29.6. The van der Waals surface area contributed by atoms with Gasteiger partial charge in [0.05, 0.1) is 25.1 Å². The van der Waals surface area contributed by atoms with Crippen LogP contribution in [0.1, 0.15) is 74.7 Å². The predicted octanol–water partition coefficient (Wildman–Crippen LogP) is 6.08. The monoisotopic (exact) mass is 565 g/mol. The molecule has 1 aliphatic rings. The van der Waals surface area contributed by atoms with Gasteiger partial charge in [-0.1, -0.05) is 49.7 Å². The number of esters is 1. The van der Waals surface area contributed by atoms with Crippen LogP contribution in [0.4, 0.5) is 0 Å². The van der Waals surface area contributed by atoms with E-state index < -0.39 is 5.97 Å². The van der Waals surface area contributed by atoms with Crippen molar-refractivity contribution in [2.24, 2.45) is 0 Å². The van der Waals surface area contributed by atoms with E-state index in [-0.39, 0.29) is 18.2 Å². The number of aromatic nitrogens is 2. The molecule has 2 heterocycles. The number of hydrogen-bond acceptors (Lipinski definition) is 6. The molecule has 0 N–H and O–H groups in total. The van der Waals surface area contributed by atoms with Gasteiger partial charge >= 0.3 is 5.97 Å². The van der Waals surface area contributed by atoms with E-state index in [0.717, 1.165) is 42.5 Å². The summed E-state index contributed by atoms with van der Waals surface area (Å²) < 4.78 is 12.5. The van der Waals surface area contributed by atoms with E-state index in [4.69, 9.17) is 14.6 Å². The van der Waals surface area contributed by atoms with Crippen LogP contribution < -0.4 is 4.74 Å². The van der Waals surface area contributed by atoms with Crippen LogP contribution in [0.25, 0.3) is 16.8 Å². The topological polar surface area (TPSA) is 90.7 Å². The summed E-state index contributed by atoms with van der Waals surface area (Å²) in [7, 11) is 1.61. The Morgan fingerprint density at radius 3 is 2.45 bits per heavy atom. The van der Waals surface area contributed by atoms with Crippen LogP contribution in [0.2, 0.25) is 0 Å². The summed E-state index contributed by atoms with van der Waals surface area (Å²) in [5.74, 6) is -0.0637. The largest absolute Gasteiger partial charge is 0.497 e. The molecule has 0 aliphatic carbocycles. The maximum absolute atomic E-state index is 14.2. The number of carbonyl (C=O) groups excluding carboxylic acids is 3. The first-order valence-corrected chi connectivity index (χ1v) is 14.4. The number of amides is 1. The first-order valence-electron chi connectivity index (χ1n) is 14.4. The molecule has 0 fully saturated rings. The van der Waals surface area contributed by atoms with Gasteiger partial charge in [0.15, 0.2) is 5.69 Å². The Balaban J connectivity index is 1.70. The molecule has 0 unspecified atom stereocenters. The van der Waals surface area contributed by atoms with Crippen LogP contribution in [0.5, 0.6) is 5.75 Å². The molecule has 5 rings (SSSR count). The summed E-state index contributed by atoms with van der Waals surface area (Å²) in [6.45, 7) is 5.05. The molecule has 8 heteroatoms. The first kappa shape index (κ1) is 28.8. The fourth-order valence-corrected chi connectivity index (χ4v) is 5.46. The van der Waals surface area contributed by atoms with Crippen LogP contribution in [0.15, 0.2) is 66.7 Å². The van der Waals surface area contributed by atoms with E-state index in [1.807, 2.05) is 42.5 Å². The second kappa shape index (κ2) is 12.9. The molecule has 1 amide bonds. The smallest absolute Gasteiger partial charge is 0.359 e. The van der Waals surface area contributed by atoms with Gasteiger partial charge in [-0.2, -0.15) is 5.10 Å². The number of nitrogens with zero attached hydrogens (tertiary/aromatic N) is 3. The van der Waals surface area contributed by atoms with Crippen molar-refractivity contribution in [1.82, 2.24) is 14.7 Å². The Morgan fingerprint density at radius 2 is 1.76 bits per heavy atom. The normalized spacial score (nSPS) is 12.5.